The number of hydrogen-bond acceptors (Lipinski definition) is 4. The molecule has 0 saturated carbocycles. The third-order valence-corrected chi connectivity index (χ3v) is 2.90. The number of hydrogen-bond donors (Lipinski definition) is 2. The lowest BCUT2D eigenvalue weighted by Crippen LogP contribution is -2.27. The molecule has 1 heterocycles. The molecule has 7 heteroatoms. The molecule has 14 heavy (non-hydrogen) atoms. The fourth-order valence-corrected chi connectivity index (χ4v) is 1.78. The third kappa shape index (κ3) is 3.09. The second-order valence-corrected chi connectivity index (χ2v) is 4.25. The van der Waals surface area contributed by atoms with E-state index in [1.165, 1.54) is 12.3 Å². The van der Waals surface area contributed by atoms with Gasteiger partial charge in [-0.2, -0.15) is 5.10 Å². The van der Waals surface area contributed by atoms with Crippen molar-refractivity contribution in [1.29, 1.82) is 0 Å². The number of rotatable bonds is 6. The van der Waals surface area contributed by atoms with Gasteiger partial charge in [0, 0.05) is 13.2 Å². The molecule has 0 bridgehead atoms. The Balaban J connectivity index is 2.44. The minimum Gasteiger partial charge on any atom is -0.380 e. The summed E-state index contributed by atoms with van der Waals surface area (Å²) in [6.45, 7) is 3.05. The number of H-pyrrole nitrogens is 1. The number of nitrogens with one attached hydrogen (secondary N) is 2. The van der Waals surface area contributed by atoms with Crippen molar-refractivity contribution >= 4 is 10.0 Å². The summed E-state index contributed by atoms with van der Waals surface area (Å²) < 4.78 is 30.2. The second kappa shape index (κ2) is 5.08. The highest BCUT2D eigenvalue weighted by atomic mass is 32.2. The molecule has 2 N–H and O–H groups in total. The Morgan fingerprint density at radius 2 is 2.43 bits per heavy atom. The van der Waals surface area contributed by atoms with Crippen LogP contribution in [0.4, 0.5) is 0 Å². The minimum absolute atomic E-state index is 0.0639. The molecule has 0 aliphatic heterocycles. The molecule has 1 aromatic heterocycles. The average Bonchev–Trinajstić information content (AvgIpc) is 2.65. The van der Waals surface area contributed by atoms with Gasteiger partial charge in [-0.3, -0.25) is 5.10 Å². The number of aromatic amines is 1. The Morgan fingerprint density at radius 3 is 3.00 bits per heavy atom. The zero-order chi connectivity index (χ0) is 10.4. The van der Waals surface area contributed by atoms with Gasteiger partial charge in [0.05, 0.1) is 12.8 Å². The van der Waals surface area contributed by atoms with E-state index in [1.807, 2.05) is 6.92 Å². The first kappa shape index (κ1) is 11.2. The zero-order valence-electron chi connectivity index (χ0n) is 7.86. The predicted molar refractivity (Wildman–Crippen MR) is 50.3 cm³/mol. The Bertz CT molecular complexity index is 346. The van der Waals surface area contributed by atoms with Crippen LogP contribution >= 0.6 is 0 Å². The van der Waals surface area contributed by atoms with Gasteiger partial charge in [-0.15, -0.1) is 0 Å². The van der Waals surface area contributed by atoms with E-state index in [1.54, 1.807) is 0 Å². The van der Waals surface area contributed by atoms with E-state index in [2.05, 4.69) is 14.9 Å². The van der Waals surface area contributed by atoms with E-state index in [-0.39, 0.29) is 11.6 Å². The molecule has 1 aromatic rings. The van der Waals surface area contributed by atoms with Crippen LogP contribution in [-0.2, 0) is 14.8 Å². The van der Waals surface area contributed by atoms with Crippen LogP contribution in [0.1, 0.15) is 6.92 Å². The summed E-state index contributed by atoms with van der Waals surface area (Å²) in [4.78, 5) is 0. The van der Waals surface area contributed by atoms with Crippen molar-refractivity contribution in [3.05, 3.63) is 12.3 Å². The fraction of sp³-hybridized carbons (Fsp3) is 0.571. The van der Waals surface area contributed by atoms with E-state index in [0.29, 0.717) is 13.2 Å². The zero-order valence-corrected chi connectivity index (χ0v) is 8.67. The molecule has 80 valence electrons. The van der Waals surface area contributed by atoms with Crippen LogP contribution in [0.3, 0.4) is 0 Å². The van der Waals surface area contributed by atoms with Gasteiger partial charge in [0.1, 0.15) is 0 Å². The van der Waals surface area contributed by atoms with Crippen molar-refractivity contribution in [3.8, 4) is 0 Å². The molecular weight excluding hydrogens is 206 g/mol. The van der Waals surface area contributed by atoms with Gasteiger partial charge in [-0.25, -0.2) is 13.1 Å². The van der Waals surface area contributed by atoms with Crippen LogP contribution in [0.5, 0.6) is 0 Å². The van der Waals surface area contributed by atoms with Gasteiger partial charge in [-0.05, 0) is 13.0 Å². The quantitative estimate of drug-likeness (QED) is 0.645. The smallest absolute Gasteiger partial charge is 0.257 e. The van der Waals surface area contributed by atoms with E-state index in [0.717, 1.165) is 0 Å². The van der Waals surface area contributed by atoms with Gasteiger partial charge in [-0.1, -0.05) is 0 Å². The topological polar surface area (TPSA) is 84.1 Å². The first-order chi connectivity index (χ1) is 6.67. The highest BCUT2D eigenvalue weighted by Gasteiger charge is 2.13. The van der Waals surface area contributed by atoms with Crippen molar-refractivity contribution < 1.29 is 13.2 Å². The van der Waals surface area contributed by atoms with Gasteiger partial charge in [0.25, 0.3) is 10.0 Å². The molecule has 6 nitrogen and oxygen atoms in total. The Labute approximate surface area is 82.7 Å². The molecular formula is C7H13N3O3S. The highest BCUT2D eigenvalue weighted by molar-refractivity contribution is 7.89. The molecule has 0 aromatic carbocycles. The number of nitrogens with zero attached hydrogens (tertiary/aromatic N) is 1. The Kier molecular flexibility index (Phi) is 4.05. The van der Waals surface area contributed by atoms with Crippen molar-refractivity contribution in [1.82, 2.24) is 14.9 Å². The van der Waals surface area contributed by atoms with E-state index in [9.17, 15) is 8.42 Å². The molecule has 0 fully saturated rings. The summed E-state index contributed by atoms with van der Waals surface area (Å²) in [6, 6.07) is 1.39. The number of ether oxygens (including phenoxy) is 1. The van der Waals surface area contributed by atoms with Crippen molar-refractivity contribution in [2.75, 3.05) is 19.8 Å². The molecule has 0 atom stereocenters. The lowest BCUT2D eigenvalue weighted by molar-refractivity contribution is 0.153. The first-order valence-corrected chi connectivity index (χ1v) is 5.72. The number of aromatic nitrogens is 2. The molecule has 0 spiro atoms. The minimum atomic E-state index is -3.45. The van der Waals surface area contributed by atoms with Crippen LogP contribution in [0, 0.1) is 0 Å². The summed E-state index contributed by atoms with van der Waals surface area (Å²) in [7, 11) is -3.45. The molecule has 0 amide bonds. The van der Waals surface area contributed by atoms with Crippen molar-refractivity contribution in [2.45, 2.75) is 11.9 Å². The summed E-state index contributed by atoms with van der Waals surface area (Å²) in [6.07, 6.45) is 1.39. The molecule has 0 aliphatic rings. The molecule has 0 radical (unpaired) electrons. The molecule has 0 aliphatic carbocycles. The normalized spacial score (nSPS) is 11.8. The third-order valence-electron chi connectivity index (χ3n) is 1.51. The fourth-order valence-electron chi connectivity index (χ4n) is 0.863. The predicted octanol–water partition coefficient (Wildman–Crippen LogP) is -0.275. The standard InChI is InChI=1S/C7H13N3O3S/c1-2-13-6-5-9-14(11,12)7-3-4-8-10-7/h3-4,9H,2,5-6H2,1H3,(H,8,10). The SMILES string of the molecule is CCOCCNS(=O)(=O)c1ccn[nH]1. The van der Waals surface area contributed by atoms with Crippen molar-refractivity contribution in [2.24, 2.45) is 0 Å². The van der Waals surface area contributed by atoms with Crippen LogP contribution in [-0.4, -0.2) is 38.4 Å². The van der Waals surface area contributed by atoms with Crippen molar-refractivity contribution in [3.63, 3.8) is 0 Å². The summed E-state index contributed by atoms with van der Waals surface area (Å²) in [5.74, 6) is 0. The Hall–Kier alpha value is -0.920. The van der Waals surface area contributed by atoms with Crippen LogP contribution in [0.25, 0.3) is 0 Å². The van der Waals surface area contributed by atoms with E-state index >= 15 is 0 Å². The van der Waals surface area contributed by atoms with Crippen LogP contribution in [0.2, 0.25) is 0 Å². The van der Waals surface area contributed by atoms with Gasteiger partial charge >= 0.3 is 0 Å². The first-order valence-electron chi connectivity index (χ1n) is 4.23. The molecule has 0 saturated heterocycles. The second-order valence-electron chi connectivity index (χ2n) is 2.52. The lowest BCUT2D eigenvalue weighted by atomic mass is 10.7. The average molecular weight is 219 g/mol. The summed E-state index contributed by atoms with van der Waals surface area (Å²) >= 11 is 0. The van der Waals surface area contributed by atoms with E-state index < -0.39 is 10.0 Å². The van der Waals surface area contributed by atoms with Gasteiger partial charge in [0.2, 0.25) is 0 Å². The maximum Gasteiger partial charge on any atom is 0.257 e. The van der Waals surface area contributed by atoms with Gasteiger partial charge < -0.3 is 4.74 Å². The lowest BCUT2D eigenvalue weighted by Gasteiger charge is -2.03. The maximum absolute atomic E-state index is 11.4. The maximum atomic E-state index is 11.4. The Morgan fingerprint density at radius 1 is 1.64 bits per heavy atom. The largest absolute Gasteiger partial charge is 0.380 e. The molecule has 1 rings (SSSR count). The molecule has 0 unspecified atom stereocenters. The van der Waals surface area contributed by atoms with Crippen LogP contribution in [0.15, 0.2) is 17.3 Å². The van der Waals surface area contributed by atoms with Crippen LogP contribution < -0.4 is 4.72 Å². The number of sulfonamides is 1. The monoisotopic (exact) mass is 219 g/mol. The van der Waals surface area contributed by atoms with E-state index in [4.69, 9.17) is 4.74 Å². The van der Waals surface area contributed by atoms with Gasteiger partial charge in [0.15, 0.2) is 5.03 Å². The summed E-state index contributed by atoms with van der Waals surface area (Å²) in [5, 5.41) is 6.00. The summed E-state index contributed by atoms with van der Waals surface area (Å²) in [5.41, 5.74) is 0. The highest BCUT2D eigenvalue weighted by Crippen LogP contribution is 2.00.